The monoisotopic (exact) mass is 502 g/mol. The average molecular weight is 502 g/mol. The lowest BCUT2D eigenvalue weighted by molar-refractivity contribution is -0.274. The fourth-order valence-corrected chi connectivity index (χ4v) is 4.99. The largest absolute Gasteiger partial charge is 0.573 e. The predicted octanol–water partition coefficient (Wildman–Crippen LogP) is 3.75. The van der Waals surface area contributed by atoms with Crippen molar-refractivity contribution in [2.24, 2.45) is 0 Å². The van der Waals surface area contributed by atoms with Crippen LogP contribution in [0.4, 0.5) is 23.4 Å². The molecule has 0 bridgehead atoms. The molecule has 3 aromatic heterocycles. The topological polar surface area (TPSA) is 108 Å². The van der Waals surface area contributed by atoms with Crippen LogP contribution in [0.5, 0.6) is 11.5 Å². The van der Waals surface area contributed by atoms with Crippen LogP contribution in [0, 0.1) is 6.92 Å². The highest BCUT2D eigenvalue weighted by atomic mass is 19.4. The van der Waals surface area contributed by atoms with Gasteiger partial charge >= 0.3 is 6.36 Å². The second-order valence-corrected chi connectivity index (χ2v) is 8.74. The lowest BCUT2D eigenvalue weighted by Crippen LogP contribution is -2.49. The molecule has 1 amide bonds. The molecular formula is C23H18F4N6O3. The standard InChI is InChI=1S/C23H18F4N6O3/c1-10-19-21(28)31-15-7-29-14(6-16(15)33(19)9-30-10)22(34)32-8-11(24)4-18-20(32)13-3-2-12(5-17(13)35-18)36-23(25,26)27/h2-3,5-7,9,11,18,20H,4,8H2,1H3,(H2,28,31)/t11-,18-,20-/m0/s1. The highest BCUT2D eigenvalue weighted by Crippen LogP contribution is 2.47. The van der Waals surface area contributed by atoms with Gasteiger partial charge in [0.1, 0.15) is 46.8 Å². The second kappa shape index (κ2) is 7.67. The summed E-state index contributed by atoms with van der Waals surface area (Å²) in [5, 5.41) is 0. The number of likely N-dealkylation sites (tertiary alicyclic amines) is 1. The van der Waals surface area contributed by atoms with Crippen molar-refractivity contribution < 1.29 is 31.8 Å². The summed E-state index contributed by atoms with van der Waals surface area (Å²) in [5.41, 5.74) is 8.81. The number of ether oxygens (including phenoxy) is 2. The number of aromatic nitrogens is 4. The molecule has 1 aromatic carbocycles. The number of amides is 1. The van der Waals surface area contributed by atoms with Crippen molar-refractivity contribution in [2.45, 2.75) is 38.0 Å². The summed E-state index contributed by atoms with van der Waals surface area (Å²) in [6.45, 7) is 1.56. The number of imidazole rings is 1. The third kappa shape index (κ3) is 3.53. The summed E-state index contributed by atoms with van der Waals surface area (Å²) < 4.78 is 64.0. The first kappa shape index (κ1) is 22.3. The molecule has 186 valence electrons. The Bertz CT molecular complexity index is 1540. The van der Waals surface area contributed by atoms with Crippen molar-refractivity contribution in [1.82, 2.24) is 24.3 Å². The Kier molecular flexibility index (Phi) is 4.75. The first-order chi connectivity index (χ1) is 17.1. The highest BCUT2D eigenvalue weighted by molar-refractivity contribution is 5.96. The van der Waals surface area contributed by atoms with Crippen molar-refractivity contribution in [3.8, 4) is 11.5 Å². The number of carbonyl (C=O) groups is 1. The molecule has 5 heterocycles. The van der Waals surface area contributed by atoms with E-state index < -0.39 is 36.3 Å². The molecule has 36 heavy (non-hydrogen) atoms. The Morgan fingerprint density at radius 1 is 1.25 bits per heavy atom. The number of hydrogen-bond donors (Lipinski definition) is 1. The number of nitrogens with two attached hydrogens (primary N) is 1. The van der Waals surface area contributed by atoms with Crippen LogP contribution in [0.3, 0.4) is 0 Å². The number of rotatable bonds is 2. The molecule has 9 nitrogen and oxygen atoms in total. The molecule has 4 aromatic rings. The zero-order chi connectivity index (χ0) is 25.4. The lowest BCUT2D eigenvalue weighted by Gasteiger charge is -2.38. The van der Waals surface area contributed by atoms with E-state index in [9.17, 15) is 22.4 Å². The van der Waals surface area contributed by atoms with Crippen LogP contribution in [0.25, 0.3) is 16.6 Å². The zero-order valence-electron chi connectivity index (χ0n) is 18.7. The third-order valence-electron chi connectivity index (χ3n) is 6.42. The Morgan fingerprint density at radius 3 is 2.83 bits per heavy atom. The minimum atomic E-state index is -4.87. The van der Waals surface area contributed by atoms with Gasteiger partial charge in [0.25, 0.3) is 5.91 Å². The maximum atomic E-state index is 14.7. The van der Waals surface area contributed by atoms with Gasteiger partial charge in [-0.25, -0.2) is 19.3 Å². The molecule has 1 fully saturated rings. The van der Waals surface area contributed by atoms with Gasteiger partial charge in [-0.05, 0) is 25.1 Å². The molecule has 2 N–H and O–H groups in total. The molecule has 0 aliphatic carbocycles. The van der Waals surface area contributed by atoms with Crippen LogP contribution in [0.15, 0.2) is 36.8 Å². The smallest absolute Gasteiger partial charge is 0.487 e. The van der Waals surface area contributed by atoms with Gasteiger partial charge < -0.3 is 20.1 Å². The molecule has 1 saturated heterocycles. The van der Waals surface area contributed by atoms with Crippen molar-refractivity contribution in [3.05, 3.63) is 53.7 Å². The van der Waals surface area contributed by atoms with E-state index in [2.05, 4.69) is 19.7 Å². The first-order valence-corrected chi connectivity index (χ1v) is 11.0. The zero-order valence-corrected chi connectivity index (χ0v) is 18.7. The van der Waals surface area contributed by atoms with E-state index >= 15 is 0 Å². The van der Waals surface area contributed by atoms with E-state index in [1.807, 2.05) is 0 Å². The maximum absolute atomic E-state index is 14.7. The van der Waals surface area contributed by atoms with E-state index in [4.69, 9.17) is 10.5 Å². The van der Waals surface area contributed by atoms with E-state index in [-0.39, 0.29) is 30.2 Å². The van der Waals surface area contributed by atoms with E-state index in [1.54, 1.807) is 17.7 Å². The molecule has 6 rings (SSSR count). The van der Waals surface area contributed by atoms with Crippen LogP contribution in [-0.4, -0.2) is 55.3 Å². The quantitative estimate of drug-likeness (QED) is 0.416. The van der Waals surface area contributed by atoms with E-state index in [1.165, 1.54) is 23.2 Å². The lowest BCUT2D eigenvalue weighted by atomic mass is 9.93. The van der Waals surface area contributed by atoms with Crippen molar-refractivity contribution in [3.63, 3.8) is 0 Å². The minimum absolute atomic E-state index is 0.0120. The number of alkyl halides is 4. The van der Waals surface area contributed by atoms with Gasteiger partial charge in [0, 0.05) is 18.1 Å². The van der Waals surface area contributed by atoms with Crippen LogP contribution >= 0.6 is 0 Å². The number of nitrogen functional groups attached to an aromatic ring is 1. The van der Waals surface area contributed by atoms with Crippen LogP contribution in [0.1, 0.15) is 34.2 Å². The number of hydrogen-bond acceptors (Lipinski definition) is 7. The van der Waals surface area contributed by atoms with Crippen LogP contribution in [0.2, 0.25) is 0 Å². The number of nitrogens with zero attached hydrogens (tertiary/aromatic N) is 5. The fourth-order valence-electron chi connectivity index (χ4n) is 4.99. The van der Waals surface area contributed by atoms with Gasteiger partial charge in [0.15, 0.2) is 5.82 Å². The molecule has 13 heteroatoms. The number of fused-ring (bicyclic) bond motifs is 6. The van der Waals surface area contributed by atoms with Gasteiger partial charge in [-0.3, -0.25) is 9.20 Å². The van der Waals surface area contributed by atoms with E-state index in [0.717, 1.165) is 12.1 Å². The number of benzene rings is 1. The summed E-state index contributed by atoms with van der Waals surface area (Å²) >= 11 is 0. The van der Waals surface area contributed by atoms with Crippen molar-refractivity contribution in [1.29, 1.82) is 0 Å². The fraction of sp³-hybridized carbons (Fsp3) is 0.304. The van der Waals surface area contributed by atoms with Gasteiger partial charge in [-0.2, -0.15) is 0 Å². The number of aryl methyl sites for hydroxylation is 1. The first-order valence-electron chi connectivity index (χ1n) is 11.0. The highest BCUT2D eigenvalue weighted by Gasteiger charge is 2.47. The number of halogens is 4. The Morgan fingerprint density at radius 2 is 2.06 bits per heavy atom. The molecular weight excluding hydrogens is 484 g/mol. The Labute approximate surface area is 200 Å². The third-order valence-corrected chi connectivity index (χ3v) is 6.42. The van der Waals surface area contributed by atoms with E-state index in [0.29, 0.717) is 27.8 Å². The Hall–Kier alpha value is -4.16. The Balaban J connectivity index is 1.39. The van der Waals surface area contributed by atoms with Gasteiger partial charge in [0.2, 0.25) is 0 Å². The minimum Gasteiger partial charge on any atom is -0.487 e. The molecule has 0 radical (unpaired) electrons. The number of anilines is 1. The molecule has 0 spiro atoms. The molecule has 0 unspecified atom stereocenters. The SMILES string of the molecule is Cc1ncn2c1c(N)nc1cnc(C(=O)N3C[C@@H](F)C[C@@H]4Oc5cc(OC(F)(F)F)ccc5[C@@H]43)cc12. The van der Waals surface area contributed by atoms with Crippen molar-refractivity contribution >= 4 is 28.3 Å². The average Bonchev–Trinajstić information content (AvgIpc) is 3.37. The van der Waals surface area contributed by atoms with Gasteiger partial charge in [-0.15, -0.1) is 13.2 Å². The number of carbonyl (C=O) groups excluding carboxylic acids is 1. The summed E-state index contributed by atoms with van der Waals surface area (Å²) in [7, 11) is 0. The van der Waals surface area contributed by atoms with Crippen LogP contribution in [-0.2, 0) is 0 Å². The summed E-state index contributed by atoms with van der Waals surface area (Å²) in [5.74, 6) is -0.633. The van der Waals surface area contributed by atoms with Gasteiger partial charge in [-0.1, -0.05) is 0 Å². The number of pyridine rings is 1. The molecule has 2 aliphatic rings. The van der Waals surface area contributed by atoms with Crippen LogP contribution < -0.4 is 15.2 Å². The summed E-state index contributed by atoms with van der Waals surface area (Å²) in [4.78, 5) is 27.7. The number of piperidine rings is 1. The predicted molar refractivity (Wildman–Crippen MR) is 118 cm³/mol. The van der Waals surface area contributed by atoms with Gasteiger partial charge in [0.05, 0.1) is 30.0 Å². The normalized spacial score (nSPS) is 21.4. The maximum Gasteiger partial charge on any atom is 0.573 e. The summed E-state index contributed by atoms with van der Waals surface area (Å²) in [6, 6.07) is 4.48. The molecule has 2 aliphatic heterocycles. The molecule has 0 saturated carbocycles. The van der Waals surface area contributed by atoms with Crippen molar-refractivity contribution in [2.75, 3.05) is 12.3 Å². The summed E-state index contributed by atoms with van der Waals surface area (Å²) in [6.07, 6.45) is -4.06. The second-order valence-electron chi connectivity index (χ2n) is 8.74. The molecule has 3 atom stereocenters.